The van der Waals surface area contributed by atoms with Crippen LogP contribution >= 0.6 is 11.6 Å². The standard InChI is InChI=1S/C16H31Cl/c1-5-9-10-11-12-13-14-15(17)16(6-2,7-3)8-4/h6,15H,2,5,7-14H2,1,3-4H3. The molecule has 0 saturated heterocycles. The van der Waals surface area contributed by atoms with Crippen molar-refractivity contribution in [1.29, 1.82) is 0 Å². The second-order valence-corrected chi connectivity index (χ2v) is 5.70. The Balaban J connectivity index is 3.83. The van der Waals surface area contributed by atoms with Crippen LogP contribution in [0.15, 0.2) is 12.7 Å². The lowest BCUT2D eigenvalue weighted by atomic mass is 9.77. The first-order valence-electron chi connectivity index (χ1n) is 7.44. The maximum absolute atomic E-state index is 6.57. The Labute approximate surface area is 114 Å². The van der Waals surface area contributed by atoms with E-state index in [1.54, 1.807) is 0 Å². The van der Waals surface area contributed by atoms with Crippen LogP contribution in [0, 0.1) is 5.41 Å². The van der Waals surface area contributed by atoms with Crippen LogP contribution in [0.5, 0.6) is 0 Å². The van der Waals surface area contributed by atoms with E-state index < -0.39 is 0 Å². The first-order chi connectivity index (χ1) is 8.16. The minimum absolute atomic E-state index is 0.158. The summed E-state index contributed by atoms with van der Waals surface area (Å²) in [4.78, 5) is 0. The van der Waals surface area contributed by atoms with Gasteiger partial charge in [0, 0.05) is 10.8 Å². The summed E-state index contributed by atoms with van der Waals surface area (Å²) in [7, 11) is 0. The van der Waals surface area contributed by atoms with Crippen molar-refractivity contribution in [3.63, 3.8) is 0 Å². The number of hydrogen-bond acceptors (Lipinski definition) is 0. The SMILES string of the molecule is C=CC(CC)(CC)C(Cl)CCCCCCCC. The molecule has 0 aromatic carbocycles. The molecule has 0 nitrogen and oxygen atoms in total. The van der Waals surface area contributed by atoms with Gasteiger partial charge in [0.2, 0.25) is 0 Å². The predicted molar refractivity (Wildman–Crippen MR) is 80.8 cm³/mol. The highest BCUT2D eigenvalue weighted by Gasteiger charge is 2.30. The van der Waals surface area contributed by atoms with Crippen LogP contribution in [0.25, 0.3) is 0 Å². The lowest BCUT2D eigenvalue weighted by molar-refractivity contribution is 0.317. The van der Waals surface area contributed by atoms with Crippen LogP contribution in [0.1, 0.15) is 78.6 Å². The number of unbranched alkanes of at least 4 members (excludes halogenated alkanes) is 5. The molecule has 1 heteroatoms. The van der Waals surface area contributed by atoms with Crippen LogP contribution in [-0.4, -0.2) is 5.38 Å². The van der Waals surface area contributed by atoms with Gasteiger partial charge in [-0.25, -0.2) is 0 Å². The van der Waals surface area contributed by atoms with Crippen LogP contribution in [0.3, 0.4) is 0 Å². The molecule has 17 heavy (non-hydrogen) atoms. The van der Waals surface area contributed by atoms with Crippen LogP contribution in [-0.2, 0) is 0 Å². The van der Waals surface area contributed by atoms with E-state index in [1.807, 2.05) is 0 Å². The predicted octanol–water partition coefficient (Wildman–Crippen LogP) is 6.34. The zero-order chi connectivity index (χ0) is 13.1. The zero-order valence-corrected chi connectivity index (χ0v) is 12.9. The summed E-state index contributed by atoms with van der Waals surface area (Å²) >= 11 is 6.57. The van der Waals surface area contributed by atoms with Crippen molar-refractivity contribution in [2.45, 2.75) is 83.9 Å². The van der Waals surface area contributed by atoms with Gasteiger partial charge in [0.1, 0.15) is 0 Å². The Hall–Kier alpha value is 0.0300. The van der Waals surface area contributed by atoms with E-state index >= 15 is 0 Å². The summed E-state index contributed by atoms with van der Waals surface area (Å²) in [6.45, 7) is 10.7. The normalized spacial score (nSPS) is 13.6. The Morgan fingerprint density at radius 2 is 1.53 bits per heavy atom. The third-order valence-corrected chi connectivity index (χ3v) is 4.81. The van der Waals surface area contributed by atoms with Gasteiger partial charge < -0.3 is 0 Å². The van der Waals surface area contributed by atoms with Gasteiger partial charge in [-0.15, -0.1) is 18.2 Å². The van der Waals surface area contributed by atoms with E-state index in [9.17, 15) is 0 Å². The molecular weight excluding hydrogens is 228 g/mol. The quantitative estimate of drug-likeness (QED) is 0.231. The molecule has 0 radical (unpaired) electrons. The first-order valence-corrected chi connectivity index (χ1v) is 7.88. The monoisotopic (exact) mass is 258 g/mol. The van der Waals surface area contributed by atoms with Crippen molar-refractivity contribution in [2.24, 2.45) is 5.41 Å². The molecule has 0 amide bonds. The second kappa shape index (κ2) is 10.00. The molecule has 0 aromatic rings. The molecule has 0 aromatic heterocycles. The van der Waals surface area contributed by atoms with Crippen molar-refractivity contribution in [3.8, 4) is 0 Å². The van der Waals surface area contributed by atoms with E-state index in [0.717, 1.165) is 19.3 Å². The number of alkyl halides is 1. The van der Waals surface area contributed by atoms with Crippen molar-refractivity contribution < 1.29 is 0 Å². The molecule has 0 bridgehead atoms. The summed E-state index contributed by atoms with van der Waals surface area (Å²) in [5.74, 6) is 0. The molecule has 0 aliphatic rings. The van der Waals surface area contributed by atoms with Crippen LogP contribution in [0.4, 0.5) is 0 Å². The molecule has 102 valence electrons. The second-order valence-electron chi connectivity index (χ2n) is 5.17. The van der Waals surface area contributed by atoms with Gasteiger partial charge in [-0.3, -0.25) is 0 Å². The fourth-order valence-electron chi connectivity index (χ4n) is 2.50. The van der Waals surface area contributed by atoms with Gasteiger partial charge in [0.05, 0.1) is 0 Å². The molecule has 0 N–H and O–H groups in total. The van der Waals surface area contributed by atoms with E-state index in [2.05, 4.69) is 33.4 Å². The highest BCUT2D eigenvalue weighted by atomic mass is 35.5. The Morgan fingerprint density at radius 1 is 1.00 bits per heavy atom. The van der Waals surface area contributed by atoms with Gasteiger partial charge in [-0.1, -0.05) is 65.4 Å². The largest absolute Gasteiger partial charge is 0.122 e. The third-order valence-electron chi connectivity index (χ3n) is 4.16. The fourth-order valence-corrected chi connectivity index (χ4v) is 3.05. The summed E-state index contributed by atoms with van der Waals surface area (Å²) < 4.78 is 0. The maximum Gasteiger partial charge on any atom is 0.0426 e. The average Bonchev–Trinajstić information content (AvgIpc) is 2.36. The topological polar surface area (TPSA) is 0 Å². The molecule has 0 spiro atoms. The van der Waals surface area contributed by atoms with E-state index in [0.29, 0.717) is 0 Å². The molecule has 0 fully saturated rings. The molecule has 1 atom stereocenters. The molecular formula is C16H31Cl. The highest BCUT2D eigenvalue weighted by Crippen LogP contribution is 2.38. The van der Waals surface area contributed by atoms with Gasteiger partial charge in [-0.2, -0.15) is 0 Å². The van der Waals surface area contributed by atoms with Crippen molar-refractivity contribution >= 4 is 11.6 Å². The average molecular weight is 259 g/mol. The molecule has 0 rings (SSSR count). The first kappa shape index (κ1) is 17.0. The molecule has 0 saturated carbocycles. The summed E-state index contributed by atoms with van der Waals surface area (Å²) in [5, 5.41) is 0.265. The maximum atomic E-state index is 6.57. The summed E-state index contributed by atoms with van der Waals surface area (Å²) in [5.41, 5.74) is 0.158. The minimum atomic E-state index is 0.158. The van der Waals surface area contributed by atoms with Crippen molar-refractivity contribution in [1.82, 2.24) is 0 Å². The smallest absolute Gasteiger partial charge is 0.0426 e. The molecule has 0 aliphatic carbocycles. The number of allylic oxidation sites excluding steroid dienone is 1. The lowest BCUT2D eigenvalue weighted by Gasteiger charge is -2.33. The number of hydrogen-bond donors (Lipinski definition) is 0. The van der Waals surface area contributed by atoms with Gasteiger partial charge in [-0.05, 0) is 19.3 Å². The van der Waals surface area contributed by atoms with Crippen molar-refractivity contribution in [2.75, 3.05) is 0 Å². The van der Waals surface area contributed by atoms with Gasteiger partial charge >= 0.3 is 0 Å². The van der Waals surface area contributed by atoms with E-state index in [-0.39, 0.29) is 10.8 Å². The Bertz CT molecular complexity index is 182. The number of halogens is 1. The molecule has 0 heterocycles. The zero-order valence-electron chi connectivity index (χ0n) is 12.1. The van der Waals surface area contributed by atoms with E-state index in [4.69, 9.17) is 11.6 Å². The minimum Gasteiger partial charge on any atom is -0.122 e. The Morgan fingerprint density at radius 3 is 2.00 bits per heavy atom. The summed E-state index contributed by atoms with van der Waals surface area (Å²) in [6, 6.07) is 0. The van der Waals surface area contributed by atoms with E-state index in [1.165, 1.54) is 38.5 Å². The van der Waals surface area contributed by atoms with Crippen molar-refractivity contribution in [3.05, 3.63) is 12.7 Å². The van der Waals surface area contributed by atoms with Crippen LogP contribution in [0.2, 0.25) is 0 Å². The Kier molecular flexibility index (Phi) is 10.0. The molecule has 0 aliphatic heterocycles. The lowest BCUT2D eigenvalue weighted by Crippen LogP contribution is -2.27. The number of rotatable bonds is 11. The highest BCUT2D eigenvalue weighted by molar-refractivity contribution is 6.21. The van der Waals surface area contributed by atoms with Gasteiger partial charge in [0.15, 0.2) is 0 Å². The third kappa shape index (κ3) is 5.95. The van der Waals surface area contributed by atoms with Crippen LogP contribution < -0.4 is 0 Å². The fraction of sp³-hybridized carbons (Fsp3) is 0.875. The molecule has 1 unspecified atom stereocenters. The summed E-state index contributed by atoms with van der Waals surface area (Å²) in [6.07, 6.45) is 13.5. The van der Waals surface area contributed by atoms with Gasteiger partial charge in [0.25, 0.3) is 0 Å².